The minimum Gasteiger partial charge on any atom is -0.369 e. The van der Waals surface area contributed by atoms with Crippen molar-refractivity contribution in [3.63, 3.8) is 0 Å². The molecule has 5 heteroatoms. The second kappa shape index (κ2) is 5.40. The Morgan fingerprint density at radius 3 is 2.50 bits per heavy atom. The lowest BCUT2D eigenvalue weighted by Crippen LogP contribution is -2.46. The molecular formula is C15H21N3O2. The molecule has 2 fully saturated rings. The number of hydrogen-bond donors (Lipinski definition) is 0. The lowest BCUT2D eigenvalue weighted by Gasteiger charge is -2.35. The molecule has 1 aliphatic carbocycles. The van der Waals surface area contributed by atoms with Crippen LogP contribution < -0.4 is 4.90 Å². The van der Waals surface area contributed by atoms with Gasteiger partial charge >= 0.3 is 0 Å². The SMILES string of the molecule is CCN1CCN(c2ccc([N+](=O)[O-])c(C3CC3)c2)CC1. The number of rotatable bonds is 4. The van der Waals surface area contributed by atoms with Gasteiger partial charge in [-0.15, -0.1) is 0 Å². The van der Waals surface area contributed by atoms with Gasteiger partial charge in [-0.3, -0.25) is 10.1 Å². The summed E-state index contributed by atoms with van der Waals surface area (Å²) in [5, 5.41) is 11.1. The number of nitro benzene ring substituents is 1. The standard InChI is InChI=1S/C15H21N3O2/c1-2-16-7-9-17(10-8-16)13-5-6-15(18(19)20)14(11-13)12-3-4-12/h5-6,11-12H,2-4,7-10H2,1H3. The van der Waals surface area contributed by atoms with E-state index in [1.807, 2.05) is 6.07 Å². The summed E-state index contributed by atoms with van der Waals surface area (Å²) in [4.78, 5) is 15.6. The van der Waals surface area contributed by atoms with Gasteiger partial charge in [-0.25, -0.2) is 0 Å². The Bertz CT molecular complexity index is 506. The smallest absolute Gasteiger partial charge is 0.273 e. The number of nitro groups is 1. The first-order chi connectivity index (χ1) is 9.69. The van der Waals surface area contributed by atoms with E-state index in [4.69, 9.17) is 0 Å². The van der Waals surface area contributed by atoms with Crippen molar-refractivity contribution in [1.29, 1.82) is 0 Å². The molecule has 0 aromatic heterocycles. The Kier molecular flexibility index (Phi) is 3.61. The first kappa shape index (κ1) is 13.4. The van der Waals surface area contributed by atoms with E-state index in [0.29, 0.717) is 11.6 Å². The first-order valence-corrected chi connectivity index (χ1v) is 7.44. The highest BCUT2D eigenvalue weighted by Crippen LogP contribution is 2.45. The average molecular weight is 275 g/mol. The van der Waals surface area contributed by atoms with Gasteiger partial charge in [0.05, 0.1) is 4.92 Å². The van der Waals surface area contributed by atoms with Crippen LogP contribution in [0.1, 0.15) is 31.2 Å². The van der Waals surface area contributed by atoms with Crippen LogP contribution in [0.15, 0.2) is 18.2 Å². The summed E-state index contributed by atoms with van der Waals surface area (Å²) in [7, 11) is 0. The van der Waals surface area contributed by atoms with E-state index in [1.165, 1.54) is 0 Å². The highest BCUT2D eigenvalue weighted by molar-refractivity contribution is 5.58. The molecule has 0 radical (unpaired) electrons. The number of likely N-dealkylation sites (N-methyl/N-ethyl adjacent to an activating group) is 1. The third-order valence-electron chi connectivity index (χ3n) is 4.41. The fourth-order valence-electron chi connectivity index (χ4n) is 2.95. The molecule has 1 saturated heterocycles. The molecule has 3 rings (SSSR count). The zero-order chi connectivity index (χ0) is 14.1. The highest BCUT2D eigenvalue weighted by atomic mass is 16.6. The maximum Gasteiger partial charge on any atom is 0.273 e. The molecule has 2 aliphatic rings. The van der Waals surface area contributed by atoms with E-state index in [9.17, 15) is 10.1 Å². The molecule has 0 N–H and O–H groups in total. The molecule has 1 aliphatic heterocycles. The second-order valence-corrected chi connectivity index (χ2v) is 5.70. The van der Waals surface area contributed by atoms with Crippen molar-refractivity contribution in [2.24, 2.45) is 0 Å². The summed E-state index contributed by atoms with van der Waals surface area (Å²) in [6, 6.07) is 5.65. The molecule has 1 aromatic rings. The molecule has 1 aromatic carbocycles. The summed E-state index contributed by atoms with van der Waals surface area (Å²) in [5.74, 6) is 0.410. The van der Waals surface area contributed by atoms with Gasteiger partial charge < -0.3 is 9.80 Å². The highest BCUT2D eigenvalue weighted by Gasteiger charge is 2.31. The van der Waals surface area contributed by atoms with Crippen molar-refractivity contribution >= 4 is 11.4 Å². The molecule has 108 valence electrons. The molecule has 0 bridgehead atoms. The predicted molar refractivity (Wildman–Crippen MR) is 79.4 cm³/mol. The number of anilines is 1. The fourth-order valence-corrected chi connectivity index (χ4v) is 2.95. The molecule has 20 heavy (non-hydrogen) atoms. The van der Waals surface area contributed by atoms with Crippen LogP contribution in [0.2, 0.25) is 0 Å². The van der Waals surface area contributed by atoms with Crippen molar-refractivity contribution in [2.45, 2.75) is 25.7 Å². The molecule has 5 nitrogen and oxygen atoms in total. The van der Waals surface area contributed by atoms with E-state index in [-0.39, 0.29) is 4.92 Å². The van der Waals surface area contributed by atoms with Crippen molar-refractivity contribution in [3.05, 3.63) is 33.9 Å². The zero-order valence-corrected chi connectivity index (χ0v) is 11.9. The summed E-state index contributed by atoms with van der Waals surface area (Å²) in [5.41, 5.74) is 2.38. The molecule has 1 saturated carbocycles. The second-order valence-electron chi connectivity index (χ2n) is 5.70. The van der Waals surface area contributed by atoms with E-state index < -0.39 is 0 Å². The minimum absolute atomic E-state index is 0.244. The third-order valence-corrected chi connectivity index (χ3v) is 4.41. The molecule has 0 atom stereocenters. The van der Waals surface area contributed by atoms with Crippen LogP contribution >= 0.6 is 0 Å². The normalized spacial score (nSPS) is 20.1. The van der Waals surface area contributed by atoms with Crippen molar-refractivity contribution < 1.29 is 4.92 Å². The van der Waals surface area contributed by atoms with Crippen molar-refractivity contribution in [2.75, 3.05) is 37.6 Å². The van der Waals surface area contributed by atoms with E-state index in [2.05, 4.69) is 22.8 Å². The number of piperazine rings is 1. The maximum atomic E-state index is 11.1. The van der Waals surface area contributed by atoms with Gasteiger partial charge in [-0.2, -0.15) is 0 Å². The zero-order valence-electron chi connectivity index (χ0n) is 11.9. The maximum absolute atomic E-state index is 11.1. The lowest BCUT2D eigenvalue weighted by molar-refractivity contribution is -0.385. The van der Waals surface area contributed by atoms with Gasteiger partial charge in [-0.05, 0) is 37.4 Å². The van der Waals surface area contributed by atoms with E-state index in [0.717, 1.165) is 56.8 Å². The largest absolute Gasteiger partial charge is 0.369 e. The summed E-state index contributed by atoms with van der Waals surface area (Å²) < 4.78 is 0. The van der Waals surface area contributed by atoms with Crippen LogP contribution in [0.4, 0.5) is 11.4 Å². The quantitative estimate of drug-likeness (QED) is 0.626. The van der Waals surface area contributed by atoms with Gasteiger partial charge in [0.2, 0.25) is 0 Å². The Morgan fingerprint density at radius 2 is 1.95 bits per heavy atom. The average Bonchev–Trinajstić information content (AvgIpc) is 3.31. The van der Waals surface area contributed by atoms with Crippen LogP contribution in [0.5, 0.6) is 0 Å². The van der Waals surface area contributed by atoms with Crippen molar-refractivity contribution in [1.82, 2.24) is 4.90 Å². The molecular weight excluding hydrogens is 254 g/mol. The van der Waals surface area contributed by atoms with Crippen molar-refractivity contribution in [3.8, 4) is 0 Å². The summed E-state index contributed by atoms with van der Waals surface area (Å²) in [6.07, 6.45) is 2.18. The molecule has 1 heterocycles. The first-order valence-electron chi connectivity index (χ1n) is 7.44. The Labute approximate surface area is 119 Å². The lowest BCUT2D eigenvalue weighted by atomic mass is 10.1. The van der Waals surface area contributed by atoms with Crippen LogP contribution in [0.3, 0.4) is 0 Å². The third kappa shape index (κ3) is 2.63. The van der Waals surface area contributed by atoms with E-state index >= 15 is 0 Å². The van der Waals surface area contributed by atoms with Crippen LogP contribution in [-0.4, -0.2) is 42.5 Å². The Balaban J connectivity index is 1.80. The van der Waals surface area contributed by atoms with E-state index in [1.54, 1.807) is 6.07 Å². The number of hydrogen-bond acceptors (Lipinski definition) is 4. The molecule has 0 unspecified atom stereocenters. The van der Waals surface area contributed by atoms with Gasteiger partial charge in [0.1, 0.15) is 0 Å². The fraction of sp³-hybridized carbons (Fsp3) is 0.600. The Hall–Kier alpha value is -1.62. The summed E-state index contributed by atoms with van der Waals surface area (Å²) in [6.45, 7) is 7.46. The minimum atomic E-state index is -0.244. The summed E-state index contributed by atoms with van der Waals surface area (Å²) >= 11 is 0. The van der Waals surface area contributed by atoms with Crippen LogP contribution in [0.25, 0.3) is 0 Å². The van der Waals surface area contributed by atoms with Crippen LogP contribution in [0, 0.1) is 10.1 Å². The van der Waals surface area contributed by atoms with Crippen LogP contribution in [-0.2, 0) is 0 Å². The van der Waals surface area contributed by atoms with Gasteiger partial charge in [0.15, 0.2) is 0 Å². The molecule has 0 spiro atoms. The van der Waals surface area contributed by atoms with Gasteiger partial charge in [0, 0.05) is 43.5 Å². The van der Waals surface area contributed by atoms with Gasteiger partial charge in [-0.1, -0.05) is 6.92 Å². The molecule has 0 amide bonds. The predicted octanol–water partition coefficient (Wildman–Crippen LogP) is 2.61. The van der Waals surface area contributed by atoms with Gasteiger partial charge in [0.25, 0.3) is 5.69 Å². The number of benzene rings is 1. The topological polar surface area (TPSA) is 49.6 Å². The Morgan fingerprint density at radius 1 is 1.25 bits per heavy atom. The monoisotopic (exact) mass is 275 g/mol. The number of nitrogens with zero attached hydrogens (tertiary/aromatic N) is 3.